The lowest BCUT2D eigenvalue weighted by Crippen LogP contribution is -2.28. The third-order valence-electron chi connectivity index (χ3n) is 4.16. The fourth-order valence-electron chi connectivity index (χ4n) is 2.56. The Kier molecular flexibility index (Phi) is 7.28. The summed E-state index contributed by atoms with van der Waals surface area (Å²) in [4.78, 5) is 24.0. The van der Waals surface area contributed by atoms with Crippen LogP contribution in [0.4, 0.5) is 5.69 Å². The van der Waals surface area contributed by atoms with Crippen LogP contribution in [-0.4, -0.2) is 26.9 Å². The van der Waals surface area contributed by atoms with Crippen molar-refractivity contribution >= 4 is 39.2 Å². The first-order valence-electron chi connectivity index (χ1n) is 9.20. The van der Waals surface area contributed by atoms with Gasteiger partial charge in [-0.05, 0) is 54.1 Å². The van der Waals surface area contributed by atoms with E-state index in [4.69, 9.17) is 16.3 Å². The van der Waals surface area contributed by atoms with E-state index in [-0.39, 0.29) is 17.0 Å². The smallest absolute Gasteiger partial charge is 0.338 e. The molecule has 0 aliphatic heterocycles. The molecule has 3 rings (SSSR count). The van der Waals surface area contributed by atoms with Gasteiger partial charge >= 0.3 is 5.97 Å². The van der Waals surface area contributed by atoms with Crippen molar-refractivity contribution in [2.75, 3.05) is 11.3 Å². The van der Waals surface area contributed by atoms with Gasteiger partial charge in [0.25, 0.3) is 15.9 Å². The third-order valence-corrected chi connectivity index (χ3v) is 5.81. The number of carbonyl (C=O) groups is 2. The summed E-state index contributed by atoms with van der Waals surface area (Å²) in [5.41, 5.74) is 1.41. The quantitative estimate of drug-likeness (QED) is 0.502. The van der Waals surface area contributed by atoms with E-state index in [0.29, 0.717) is 10.7 Å². The van der Waals surface area contributed by atoms with Gasteiger partial charge in [0.05, 0.1) is 10.5 Å². The van der Waals surface area contributed by atoms with Crippen molar-refractivity contribution in [2.24, 2.45) is 0 Å². The molecule has 0 fully saturated rings. The summed E-state index contributed by atoms with van der Waals surface area (Å²) in [6, 6.07) is 20.7. The number of hydrogen-bond acceptors (Lipinski definition) is 5. The van der Waals surface area contributed by atoms with Crippen LogP contribution in [0.3, 0.4) is 0 Å². The zero-order valence-electron chi connectivity index (χ0n) is 16.2. The van der Waals surface area contributed by atoms with Crippen LogP contribution >= 0.6 is 11.6 Å². The molecule has 0 aliphatic carbocycles. The molecule has 0 spiro atoms. The molecule has 0 heterocycles. The number of rotatable bonds is 8. The van der Waals surface area contributed by atoms with Crippen LogP contribution in [-0.2, 0) is 26.1 Å². The molecule has 0 atom stereocenters. The van der Waals surface area contributed by atoms with E-state index < -0.39 is 28.5 Å². The number of sulfonamides is 1. The number of hydrogen-bond donors (Lipinski definition) is 2. The summed E-state index contributed by atoms with van der Waals surface area (Å²) in [6.45, 7) is -0.184. The van der Waals surface area contributed by atoms with Gasteiger partial charge in [0.1, 0.15) is 0 Å². The second kappa shape index (κ2) is 10.1. The Morgan fingerprint density at radius 1 is 0.871 bits per heavy atom. The zero-order valence-corrected chi connectivity index (χ0v) is 17.8. The van der Waals surface area contributed by atoms with Gasteiger partial charge in [-0.3, -0.25) is 9.52 Å². The molecule has 3 aromatic rings. The number of esters is 1. The molecular weight excluding hydrogens is 440 g/mol. The second-order valence-electron chi connectivity index (χ2n) is 6.48. The summed E-state index contributed by atoms with van der Waals surface area (Å²) in [5.74, 6) is -1.20. The first kappa shape index (κ1) is 22.3. The van der Waals surface area contributed by atoms with Gasteiger partial charge in [0.15, 0.2) is 6.61 Å². The highest BCUT2D eigenvalue weighted by Gasteiger charge is 2.16. The summed E-state index contributed by atoms with van der Waals surface area (Å²) in [6.07, 6.45) is 0. The molecule has 0 saturated heterocycles. The van der Waals surface area contributed by atoms with E-state index in [1.807, 2.05) is 0 Å². The molecule has 0 unspecified atom stereocenters. The van der Waals surface area contributed by atoms with Crippen molar-refractivity contribution in [1.82, 2.24) is 5.32 Å². The normalized spacial score (nSPS) is 10.9. The molecule has 160 valence electrons. The van der Waals surface area contributed by atoms with Crippen LogP contribution in [0.5, 0.6) is 0 Å². The van der Waals surface area contributed by atoms with Crippen LogP contribution in [0.15, 0.2) is 83.8 Å². The van der Waals surface area contributed by atoms with Gasteiger partial charge < -0.3 is 10.1 Å². The largest absolute Gasteiger partial charge is 0.452 e. The van der Waals surface area contributed by atoms with Crippen molar-refractivity contribution in [3.63, 3.8) is 0 Å². The lowest BCUT2D eigenvalue weighted by molar-refractivity contribution is -0.124. The minimum atomic E-state index is -3.79. The number of ether oxygens (including phenoxy) is 1. The van der Waals surface area contributed by atoms with Crippen molar-refractivity contribution < 1.29 is 22.7 Å². The van der Waals surface area contributed by atoms with Crippen LogP contribution in [0.1, 0.15) is 15.9 Å². The van der Waals surface area contributed by atoms with E-state index >= 15 is 0 Å². The molecular formula is C22H19ClN2O5S. The van der Waals surface area contributed by atoms with Gasteiger partial charge in [-0.25, -0.2) is 13.2 Å². The van der Waals surface area contributed by atoms with Crippen molar-refractivity contribution in [3.05, 3.63) is 95.0 Å². The van der Waals surface area contributed by atoms with Crippen LogP contribution in [0.2, 0.25) is 5.02 Å². The summed E-state index contributed by atoms with van der Waals surface area (Å²) in [7, 11) is -3.79. The molecule has 2 N–H and O–H groups in total. The fourth-order valence-corrected chi connectivity index (χ4v) is 3.74. The lowest BCUT2D eigenvalue weighted by Gasteiger charge is -2.09. The van der Waals surface area contributed by atoms with Crippen LogP contribution in [0.25, 0.3) is 0 Å². The number of anilines is 1. The molecule has 7 nitrogen and oxygen atoms in total. The standard InChI is InChI=1S/C22H19ClN2O5S/c23-18-10-6-16(7-11-18)14-24-21(26)15-30-22(27)17-8-12-20(13-9-17)31(28,29)25-19-4-2-1-3-5-19/h1-13,25H,14-15H2,(H,24,26). The van der Waals surface area contributed by atoms with E-state index in [9.17, 15) is 18.0 Å². The highest BCUT2D eigenvalue weighted by molar-refractivity contribution is 7.92. The molecule has 9 heteroatoms. The minimum absolute atomic E-state index is 0.00592. The van der Waals surface area contributed by atoms with Crippen molar-refractivity contribution in [3.8, 4) is 0 Å². The summed E-state index contributed by atoms with van der Waals surface area (Å²) < 4.78 is 32.3. The summed E-state index contributed by atoms with van der Waals surface area (Å²) in [5, 5.41) is 3.23. The van der Waals surface area contributed by atoms with Crippen LogP contribution in [0, 0.1) is 0 Å². The first-order chi connectivity index (χ1) is 14.8. The van der Waals surface area contributed by atoms with E-state index in [1.165, 1.54) is 24.3 Å². The Labute approximate surface area is 185 Å². The number of para-hydroxylation sites is 1. The monoisotopic (exact) mass is 458 g/mol. The molecule has 0 saturated carbocycles. The molecule has 1 amide bonds. The highest BCUT2D eigenvalue weighted by Crippen LogP contribution is 2.16. The van der Waals surface area contributed by atoms with Crippen molar-refractivity contribution in [1.29, 1.82) is 0 Å². The van der Waals surface area contributed by atoms with E-state index in [2.05, 4.69) is 10.0 Å². The predicted molar refractivity (Wildman–Crippen MR) is 117 cm³/mol. The van der Waals surface area contributed by atoms with Gasteiger partial charge in [-0.2, -0.15) is 0 Å². The van der Waals surface area contributed by atoms with Gasteiger partial charge in [0, 0.05) is 17.3 Å². The van der Waals surface area contributed by atoms with E-state index in [0.717, 1.165) is 5.56 Å². The zero-order chi connectivity index (χ0) is 22.3. The van der Waals surface area contributed by atoms with Gasteiger partial charge in [-0.1, -0.05) is 41.9 Å². The highest BCUT2D eigenvalue weighted by atomic mass is 35.5. The van der Waals surface area contributed by atoms with Crippen molar-refractivity contribution in [2.45, 2.75) is 11.4 Å². The lowest BCUT2D eigenvalue weighted by atomic mass is 10.2. The molecule has 31 heavy (non-hydrogen) atoms. The van der Waals surface area contributed by atoms with Gasteiger partial charge in [0.2, 0.25) is 0 Å². The molecule has 3 aromatic carbocycles. The Hall–Kier alpha value is -3.36. The Morgan fingerprint density at radius 3 is 2.16 bits per heavy atom. The fraction of sp³-hybridized carbons (Fsp3) is 0.0909. The average molecular weight is 459 g/mol. The minimum Gasteiger partial charge on any atom is -0.452 e. The second-order valence-corrected chi connectivity index (χ2v) is 8.59. The number of halogens is 1. The van der Waals surface area contributed by atoms with Gasteiger partial charge in [-0.15, -0.1) is 0 Å². The molecule has 0 aliphatic rings. The topological polar surface area (TPSA) is 102 Å². The molecule has 0 radical (unpaired) electrons. The Balaban J connectivity index is 1.51. The van der Waals surface area contributed by atoms with Crippen LogP contribution < -0.4 is 10.0 Å². The predicted octanol–water partition coefficient (Wildman–Crippen LogP) is 3.61. The van der Waals surface area contributed by atoms with E-state index in [1.54, 1.807) is 54.6 Å². The maximum absolute atomic E-state index is 12.4. The Bertz CT molecular complexity index is 1150. The molecule has 0 bridgehead atoms. The SMILES string of the molecule is O=C(COC(=O)c1ccc(S(=O)(=O)Nc2ccccc2)cc1)NCc1ccc(Cl)cc1. The number of nitrogens with one attached hydrogen (secondary N) is 2. The maximum atomic E-state index is 12.4. The number of carbonyl (C=O) groups excluding carboxylic acids is 2. The number of amides is 1. The number of benzene rings is 3. The summed E-state index contributed by atoms with van der Waals surface area (Å²) >= 11 is 5.81. The third kappa shape index (κ3) is 6.56. The Morgan fingerprint density at radius 2 is 1.52 bits per heavy atom. The average Bonchev–Trinajstić information content (AvgIpc) is 2.77. The first-order valence-corrected chi connectivity index (χ1v) is 11.1. The maximum Gasteiger partial charge on any atom is 0.338 e. The molecule has 0 aromatic heterocycles.